The van der Waals surface area contributed by atoms with Crippen molar-refractivity contribution < 1.29 is 4.79 Å². The number of carbonyl (C=O) groups excluding carboxylic acids is 1. The smallest absolute Gasteiger partial charge is 0.239 e. The molecule has 1 aromatic rings. The quantitative estimate of drug-likeness (QED) is 0.693. The average Bonchev–Trinajstić information content (AvgIpc) is 2.39. The molecule has 0 bridgehead atoms. The summed E-state index contributed by atoms with van der Waals surface area (Å²) in [6.45, 7) is 1.70. The number of primary amides is 1. The van der Waals surface area contributed by atoms with E-state index in [1.807, 2.05) is 5.38 Å². The van der Waals surface area contributed by atoms with E-state index in [0.717, 1.165) is 5.13 Å². The van der Waals surface area contributed by atoms with Gasteiger partial charge in [0.2, 0.25) is 5.91 Å². The highest BCUT2D eigenvalue weighted by molar-refractivity contribution is 7.13. The summed E-state index contributed by atoms with van der Waals surface area (Å²) in [6.07, 6.45) is 1.67. The molecule has 0 radical (unpaired) electrons. The summed E-state index contributed by atoms with van der Waals surface area (Å²) in [7, 11) is 0. The van der Waals surface area contributed by atoms with Crippen molar-refractivity contribution in [2.75, 3.05) is 5.32 Å². The average molecular weight is 171 g/mol. The van der Waals surface area contributed by atoms with Gasteiger partial charge in [-0.3, -0.25) is 4.79 Å². The molecular weight excluding hydrogens is 162 g/mol. The van der Waals surface area contributed by atoms with Crippen molar-refractivity contribution >= 4 is 22.4 Å². The third-order valence-electron chi connectivity index (χ3n) is 1.20. The van der Waals surface area contributed by atoms with E-state index in [2.05, 4.69) is 10.3 Å². The minimum absolute atomic E-state index is 0.360. The number of amides is 1. The molecule has 1 amide bonds. The van der Waals surface area contributed by atoms with Crippen molar-refractivity contribution in [1.29, 1.82) is 0 Å². The van der Waals surface area contributed by atoms with Crippen molar-refractivity contribution in [3.05, 3.63) is 11.6 Å². The SMILES string of the molecule is C[C@H](Nc1nccs1)C(N)=O. The van der Waals surface area contributed by atoms with E-state index in [1.54, 1.807) is 13.1 Å². The van der Waals surface area contributed by atoms with Crippen LogP contribution in [-0.2, 0) is 4.79 Å². The second kappa shape index (κ2) is 3.34. The maximum absolute atomic E-state index is 10.6. The molecule has 0 aliphatic carbocycles. The summed E-state index contributed by atoms with van der Waals surface area (Å²) in [5.74, 6) is -0.375. The van der Waals surface area contributed by atoms with Crippen LogP contribution in [-0.4, -0.2) is 16.9 Å². The monoisotopic (exact) mass is 171 g/mol. The number of carbonyl (C=O) groups is 1. The fraction of sp³-hybridized carbons (Fsp3) is 0.333. The number of nitrogens with one attached hydrogen (secondary N) is 1. The van der Waals surface area contributed by atoms with Crippen LogP contribution in [0.15, 0.2) is 11.6 Å². The molecule has 1 aromatic heterocycles. The van der Waals surface area contributed by atoms with Gasteiger partial charge >= 0.3 is 0 Å². The maximum atomic E-state index is 10.6. The number of nitrogens with zero attached hydrogens (tertiary/aromatic N) is 1. The lowest BCUT2D eigenvalue weighted by Gasteiger charge is -2.06. The lowest BCUT2D eigenvalue weighted by atomic mass is 10.3. The first-order valence-corrected chi connectivity index (χ1v) is 4.03. The van der Waals surface area contributed by atoms with Crippen LogP contribution < -0.4 is 11.1 Å². The number of hydrogen-bond donors (Lipinski definition) is 2. The molecule has 11 heavy (non-hydrogen) atoms. The highest BCUT2D eigenvalue weighted by Crippen LogP contribution is 2.10. The zero-order valence-corrected chi connectivity index (χ0v) is 6.89. The van der Waals surface area contributed by atoms with E-state index in [9.17, 15) is 4.79 Å². The second-order valence-electron chi connectivity index (χ2n) is 2.11. The van der Waals surface area contributed by atoms with Crippen LogP contribution in [0.4, 0.5) is 5.13 Å². The van der Waals surface area contributed by atoms with Crippen LogP contribution >= 0.6 is 11.3 Å². The Morgan fingerprint density at radius 3 is 3.09 bits per heavy atom. The Hall–Kier alpha value is -1.10. The van der Waals surface area contributed by atoms with Crippen LogP contribution in [0.1, 0.15) is 6.92 Å². The minimum atomic E-state index is -0.375. The van der Waals surface area contributed by atoms with Crippen LogP contribution in [0.3, 0.4) is 0 Å². The number of hydrogen-bond acceptors (Lipinski definition) is 4. The van der Waals surface area contributed by atoms with Gasteiger partial charge in [0, 0.05) is 11.6 Å². The molecule has 1 rings (SSSR count). The molecule has 0 unspecified atom stereocenters. The number of thiazole rings is 1. The normalized spacial score (nSPS) is 12.5. The number of aromatic nitrogens is 1. The lowest BCUT2D eigenvalue weighted by Crippen LogP contribution is -2.32. The Morgan fingerprint density at radius 2 is 2.64 bits per heavy atom. The van der Waals surface area contributed by atoms with Gasteiger partial charge in [0.1, 0.15) is 6.04 Å². The molecule has 1 heterocycles. The zero-order chi connectivity index (χ0) is 8.27. The Kier molecular flexibility index (Phi) is 2.43. The first kappa shape index (κ1) is 8.00. The minimum Gasteiger partial charge on any atom is -0.368 e. The molecule has 3 N–H and O–H groups in total. The van der Waals surface area contributed by atoms with Gasteiger partial charge in [-0.25, -0.2) is 4.98 Å². The zero-order valence-electron chi connectivity index (χ0n) is 6.07. The summed E-state index contributed by atoms with van der Waals surface area (Å²) >= 11 is 1.44. The van der Waals surface area contributed by atoms with E-state index in [-0.39, 0.29) is 11.9 Å². The van der Waals surface area contributed by atoms with E-state index >= 15 is 0 Å². The van der Waals surface area contributed by atoms with Gasteiger partial charge in [-0.1, -0.05) is 0 Å². The predicted molar refractivity (Wildman–Crippen MR) is 44.4 cm³/mol. The van der Waals surface area contributed by atoms with Gasteiger partial charge < -0.3 is 11.1 Å². The summed E-state index contributed by atoms with van der Waals surface area (Å²) in [5.41, 5.74) is 5.03. The van der Waals surface area contributed by atoms with Crippen molar-refractivity contribution in [3.63, 3.8) is 0 Å². The molecule has 0 aliphatic heterocycles. The summed E-state index contributed by atoms with van der Waals surface area (Å²) in [6, 6.07) is -0.360. The van der Waals surface area contributed by atoms with Gasteiger partial charge in [-0.2, -0.15) is 0 Å². The van der Waals surface area contributed by atoms with Gasteiger partial charge in [0.25, 0.3) is 0 Å². The van der Waals surface area contributed by atoms with Gasteiger partial charge in [0.05, 0.1) is 0 Å². The van der Waals surface area contributed by atoms with Crippen molar-refractivity contribution in [3.8, 4) is 0 Å². The third kappa shape index (κ3) is 2.19. The third-order valence-corrected chi connectivity index (χ3v) is 1.90. The number of rotatable bonds is 3. The molecule has 60 valence electrons. The summed E-state index contributed by atoms with van der Waals surface area (Å²) in [5, 5.41) is 5.40. The topological polar surface area (TPSA) is 68.0 Å². The predicted octanol–water partition coefficient (Wildman–Crippen LogP) is 0.429. The van der Waals surface area contributed by atoms with E-state index in [0.29, 0.717) is 0 Å². The van der Waals surface area contributed by atoms with E-state index < -0.39 is 0 Å². The molecule has 0 fully saturated rings. The Labute approximate surface area is 68.4 Å². The van der Waals surface area contributed by atoms with Gasteiger partial charge in [0.15, 0.2) is 5.13 Å². The molecule has 1 atom stereocenters. The number of nitrogens with two attached hydrogens (primary N) is 1. The van der Waals surface area contributed by atoms with E-state index in [4.69, 9.17) is 5.73 Å². The summed E-state index contributed by atoms with van der Waals surface area (Å²) < 4.78 is 0. The molecule has 0 aliphatic rings. The first-order valence-electron chi connectivity index (χ1n) is 3.15. The highest BCUT2D eigenvalue weighted by Gasteiger charge is 2.08. The second-order valence-corrected chi connectivity index (χ2v) is 3.00. The van der Waals surface area contributed by atoms with Crippen LogP contribution in [0.25, 0.3) is 0 Å². The fourth-order valence-corrected chi connectivity index (χ4v) is 1.17. The molecule has 0 aromatic carbocycles. The molecule has 4 nitrogen and oxygen atoms in total. The maximum Gasteiger partial charge on any atom is 0.239 e. The van der Waals surface area contributed by atoms with Gasteiger partial charge in [-0.05, 0) is 6.92 Å². The van der Waals surface area contributed by atoms with E-state index in [1.165, 1.54) is 11.3 Å². The molecule has 0 saturated heterocycles. The van der Waals surface area contributed by atoms with Crippen molar-refractivity contribution in [1.82, 2.24) is 4.98 Å². The van der Waals surface area contributed by atoms with Crippen molar-refractivity contribution in [2.45, 2.75) is 13.0 Å². The van der Waals surface area contributed by atoms with Crippen LogP contribution in [0.5, 0.6) is 0 Å². The highest BCUT2D eigenvalue weighted by atomic mass is 32.1. The molecule has 0 spiro atoms. The molecular formula is C6H9N3OS. The van der Waals surface area contributed by atoms with Gasteiger partial charge in [-0.15, -0.1) is 11.3 Å². The Morgan fingerprint density at radius 1 is 1.91 bits per heavy atom. The molecule has 5 heteroatoms. The van der Waals surface area contributed by atoms with Crippen LogP contribution in [0, 0.1) is 0 Å². The van der Waals surface area contributed by atoms with Crippen LogP contribution in [0.2, 0.25) is 0 Å². The number of anilines is 1. The largest absolute Gasteiger partial charge is 0.368 e. The standard InChI is InChI=1S/C6H9N3OS/c1-4(5(7)10)9-6-8-2-3-11-6/h2-4H,1H3,(H2,7,10)(H,8,9)/t4-/m0/s1. The first-order chi connectivity index (χ1) is 5.20. The Bertz CT molecular complexity index is 234. The lowest BCUT2D eigenvalue weighted by molar-refractivity contribution is -0.118. The summed E-state index contributed by atoms with van der Waals surface area (Å²) in [4.78, 5) is 14.5. The molecule has 0 saturated carbocycles. The van der Waals surface area contributed by atoms with Crippen molar-refractivity contribution in [2.24, 2.45) is 5.73 Å². The Balaban J connectivity index is 2.50. The fourth-order valence-electron chi connectivity index (χ4n) is 0.551.